The summed E-state index contributed by atoms with van der Waals surface area (Å²) in [6.45, 7) is 4.24. The van der Waals surface area contributed by atoms with Crippen LogP contribution in [0.1, 0.15) is 19.8 Å². The number of amides is 2. The lowest BCUT2D eigenvalue weighted by atomic mass is 9.99. The lowest BCUT2D eigenvalue weighted by Crippen LogP contribution is -2.33. The Balaban J connectivity index is 1.46. The molecule has 156 valence electrons. The quantitative estimate of drug-likeness (QED) is 0.596. The van der Waals surface area contributed by atoms with E-state index in [4.69, 9.17) is 0 Å². The molecule has 0 bridgehead atoms. The van der Waals surface area contributed by atoms with E-state index in [9.17, 15) is 4.79 Å². The van der Waals surface area contributed by atoms with Crippen molar-refractivity contribution < 1.29 is 4.79 Å². The van der Waals surface area contributed by atoms with Crippen LogP contribution >= 0.6 is 11.8 Å². The van der Waals surface area contributed by atoms with E-state index in [0.717, 1.165) is 48.1 Å². The van der Waals surface area contributed by atoms with Crippen molar-refractivity contribution in [3.05, 3.63) is 49.2 Å². The van der Waals surface area contributed by atoms with Crippen LogP contribution in [0, 0.1) is 5.92 Å². The van der Waals surface area contributed by atoms with Crippen molar-refractivity contribution in [2.45, 2.75) is 24.7 Å². The number of nitrogens with one attached hydrogen (secondary N) is 2. The van der Waals surface area contributed by atoms with Gasteiger partial charge in [-0.2, -0.15) is 5.10 Å². The number of anilines is 3. The zero-order valence-electron chi connectivity index (χ0n) is 17.1. The highest BCUT2D eigenvalue weighted by atomic mass is 32.2. The third-order valence-electron chi connectivity index (χ3n) is 5.18. The van der Waals surface area contributed by atoms with E-state index in [1.54, 1.807) is 28.8 Å². The van der Waals surface area contributed by atoms with Gasteiger partial charge in [-0.1, -0.05) is 13.0 Å². The summed E-state index contributed by atoms with van der Waals surface area (Å²) >= 11 is 1.63. The monoisotopic (exact) mass is 423 g/mol. The van der Waals surface area contributed by atoms with E-state index >= 15 is 0 Å². The Morgan fingerprint density at radius 1 is 1.17 bits per heavy atom. The molecule has 2 N–H and O–H groups in total. The van der Waals surface area contributed by atoms with Crippen LogP contribution < -0.4 is 15.5 Å². The standard InChI is InChI=1S/C21H25N7OS/c1-15-6-8-27(9-7-15)19-12-22-14-23-20(19)28-13-17(11-24-28)26-21(29)25-16-4-3-5-18(10-16)30-2/h3-5,10-15H,6-9H2,1-2H3,(H2,25,26,29). The van der Waals surface area contributed by atoms with Gasteiger partial charge < -0.3 is 15.5 Å². The van der Waals surface area contributed by atoms with Gasteiger partial charge in [0.2, 0.25) is 0 Å². The SMILES string of the molecule is CSc1cccc(NC(=O)Nc2cnn(-c3ncncc3N3CCC(C)CC3)c2)c1. The number of rotatable bonds is 5. The van der Waals surface area contributed by atoms with Crippen LogP contribution in [0.15, 0.2) is 54.1 Å². The van der Waals surface area contributed by atoms with E-state index in [2.05, 4.69) is 37.5 Å². The molecular weight excluding hydrogens is 398 g/mol. The first kappa shape index (κ1) is 20.2. The van der Waals surface area contributed by atoms with Crippen LogP contribution in [0.25, 0.3) is 5.82 Å². The van der Waals surface area contributed by atoms with Crippen LogP contribution in [0.4, 0.5) is 21.9 Å². The third kappa shape index (κ3) is 4.73. The molecule has 1 fully saturated rings. The smallest absolute Gasteiger partial charge is 0.323 e. The summed E-state index contributed by atoms with van der Waals surface area (Å²) in [6, 6.07) is 7.38. The van der Waals surface area contributed by atoms with Crippen molar-refractivity contribution in [3.8, 4) is 5.82 Å². The maximum absolute atomic E-state index is 12.4. The molecule has 0 atom stereocenters. The van der Waals surface area contributed by atoms with Gasteiger partial charge in [0.25, 0.3) is 0 Å². The highest BCUT2D eigenvalue weighted by Crippen LogP contribution is 2.27. The minimum atomic E-state index is -0.319. The van der Waals surface area contributed by atoms with Crippen LogP contribution in [0.3, 0.4) is 0 Å². The fourth-order valence-electron chi connectivity index (χ4n) is 3.46. The van der Waals surface area contributed by atoms with Crippen LogP contribution in [0.2, 0.25) is 0 Å². The molecule has 2 amide bonds. The Kier molecular flexibility index (Phi) is 6.18. The van der Waals surface area contributed by atoms with E-state index in [-0.39, 0.29) is 6.03 Å². The fourth-order valence-corrected chi connectivity index (χ4v) is 3.92. The first-order valence-corrected chi connectivity index (χ1v) is 11.2. The second kappa shape index (κ2) is 9.17. The number of nitrogens with zero attached hydrogens (tertiary/aromatic N) is 5. The number of hydrogen-bond donors (Lipinski definition) is 2. The number of thioether (sulfide) groups is 1. The summed E-state index contributed by atoms with van der Waals surface area (Å²) in [6.07, 6.45) is 11.0. The molecule has 0 radical (unpaired) electrons. The normalized spacial score (nSPS) is 14.5. The first-order chi connectivity index (χ1) is 14.6. The first-order valence-electron chi connectivity index (χ1n) is 9.94. The van der Waals surface area contributed by atoms with Gasteiger partial charge in [0.1, 0.15) is 12.0 Å². The second-order valence-electron chi connectivity index (χ2n) is 7.39. The van der Waals surface area contributed by atoms with Crippen molar-refractivity contribution >= 4 is 34.9 Å². The molecule has 30 heavy (non-hydrogen) atoms. The summed E-state index contributed by atoms with van der Waals surface area (Å²) in [5, 5.41) is 10.1. The average Bonchev–Trinajstić information content (AvgIpc) is 3.22. The molecule has 4 rings (SSSR count). The van der Waals surface area contributed by atoms with Crippen LogP contribution in [-0.4, -0.2) is 45.1 Å². The molecule has 3 aromatic rings. The number of carbonyl (C=O) groups excluding carboxylic acids is 1. The number of carbonyl (C=O) groups is 1. The molecule has 1 aromatic carbocycles. The van der Waals surface area contributed by atoms with Gasteiger partial charge >= 0.3 is 6.03 Å². The number of aromatic nitrogens is 4. The zero-order valence-corrected chi connectivity index (χ0v) is 17.9. The van der Waals surface area contributed by atoms with Crippen molar-refractivity contribution in [2.24, 2.45) is 5.92 Å². The van der Waals surface area contributed by atoms with E-state index < -0.39 is 0 Å². The molecular formula is C21H25N7OS. The van der Waals surface area contributed by atoms with E-state index in [1.807, 2.05) is 36.7 Å². The molecule has 0 saturated carbocycles. The average molecular weight is 424 g/mol. The summed E-state index contributed by atoms with van der Waals surface area (Å²) in [5.74, 6) is 1.45. The van der Waals surface area contributed by atoms with Gasteiger partial charge in [0, 0.05) is 23.7 Å². The van der Waals surface area contributed by atoms with Gasteiger partial charge in [-0.3, -0.25) is 0 Å². The topological polar surface area (TPSA) is 88.0 Å². The molecule has 0 spiro atoms. The summed E-state index contributed by atoms with van der Waals surface area (Å²) in [7, 11) is 0. The van der Waals surface area contributed by atoms with Gasteiger partial charge in [-0.25, -0.2) is 19.4 Å². The fraction of sp³-hybridized carbons (Fsp3) is 0.333. The van der Waals surface area contributed by atoms with Crippen LogP contribution in [0.5, 0.6) is 0 Å². The maximum atomic E-state index is 12.4. The van der Waals surface area contributed by atoms with E-state index in [1.165, 1.54) is 6.33 Å². The summed E-state index contributed by atoms with van der Waals surface area (Å²) in [4.78, 5) is 24.4. The van der Waals surface area contributed by atoms with Crippen LogP contribution in [-0.2, 0) is 0 Å². The molecule has 2 aromatic heterocycles. The van der Waals surface area contributed by atoms with Gasteiger partial charge in [-0.05, 0) is 43.2 Å². The molecule has 0 unspecified atom stereocenters. The van der Waals surface area contributed by atoms with Crippen molar-refractivity contribution in [1.29, 1.82) is 0 Å². The Bertz CT molecular complexity index is 1010. The summed E-state index contributed by atoms with van der Waals surface area (Å²) in [5.41, 5.74) is 2.28. The Labute approximate surface area is 180 Å². The Morgan fingerprint density at radius 2 is 1.97 bits per heavy atom. The molecule has 0 aliphatic carbocycles. The predicted molar refractivity (Wildman–Crippen MR) is 121 cm³/mol. The molecule has 1 aliphatic rings. The van der Waals surface area contributed by atoms with Crippen molar-refractivity contribution in [2.75, 3.05) is 34.9 Å². The summed E-state index contributed by atoms with van der Waals surface area (Å²) < 4.78 is 1.68. The minimum Gasteiger partial charge on any atom is -0.367 e. The number of benzene rings is 1. The lowest BCUT2D eigenvalue weighted by molar-refractivity contribution is 0.262. The Hall–Kier alpha value is -3.07. The molecule has 1 aliphatic heterocycles. The molecule has 3 heterocycles. The zero-order chi connectivity index (χ0) is 20.9. The molecule has 1 saturated heterocycles. The number of urea groups is 1. The molecule has 9 heteroatoms. The lowest BCUT2D eigenvalue weighted by Gasteiger charge is -2.32. The minimum absolute atomic E-state index is 0.319. The predicted octanol–water partition coefficient (Wildman–Crippen LogP) is 4.26. The third-order valence-corrected chi connectivity index (χ3v) is 5.91. The van der Waals surface area contributed by atoms with Crippen molar-refractivity contribution in [3.63, 3.8) is 0 Å². The largest absolute Gasteiger partial charge is 0.367 e. The molecule has 8 nitrogen and oxygen atoms in total. The number of hydrogen-bond acceptors (Lipinski definition) is 6. The second-order valence-corrected chi connectivity index (χ2v) is 8.27. The Morgan fingerprint density at radius 3 is 2.77 bits per heavy atom. The highest BCUT2D eigenvalue weighted by Gasteiger charge is 2.20. The van der Waals surface area contributed by atoms with E-state index in [0.29, 0.717) is 11.5 Å². The highest BCUT2D eigenvalue weighted by molar-refractivity contribution is 7.98. The van der Waals surface area contributed by atoms with Gasteiger partial charge in [0.05, 0.1) is 24.3 Å². The number of piperidine rings is 1. The van der Waals surface area contributed by atoms with Crippen molar-refractivity contribution in [1.82, 2.24) is 19.7 Å². The van der Waals surface area contributed by atoms with Gasteiger partial charge in [-0.15, -0.1) is 11.8 Å². The van der Waals surface area contributed by atoms with Gasteiger partial charge in [0.15, 0.2) is 5.82 Å². The maximum Gasteiger partial charge on any atom is 0.323 e.